The summed E-state index contributed by atoms with van der Waals surface area (Å²) in [5, 5.41) is 30.9. The first-order valence-corrected chi connectivity index (χ1v) is 25.0. The Morgan fingerprint density at radius 3 is 1.52 bits per heavy atom. The number of rotatable bonds is 38. The van der Waals surface area contributed by atoms with Crippen LogP contribution < -0.4 is 0 Å². The molecule has 0 aromatic rings. The fourth-order valence-electron chi connectivity index (χ4n) is 6.65. The van der Waals surface area contributed by atoms with Gasteiger partial charge in [0.15, 0.2) is 12.4 Å². The first-order valence-electron chi connectivity index (χ1n) is 23.3. The maximum Gasteiger partial charge on any atom is 0.306 e. The number of carbonyl (C=O) groups is 2. The topological polar surface area (TPSA) is 186 Å². The molecule has 0 spiro atoms. The molecule has 13 heteroatoms. The highest BCUT2D eigenvalue weighted by Crippen LogP contribution is 2.24. The summed E-state index contributed by atoms with van der Waals surface area (Å²) in [5.74, 6) is -2.04. The highest BCUT2D eigenvalue weighted by Gasteiger charge is 2.46. The van der Waals surface area contributed by atoms with E-state index in [0.29, 0.717) is 12.8 Å². The van der Waals surface area contributed by atoms with Gasteiger partial charge in [-0.3, -0.25) is 14.1 Å². The molecular weight excluding hydrogens is 801 g/mol. The average Bonchev–Trinajstić information content (AvgIpc) is 3.22. The molecule has 0 amide bonds. The van der Waals surface area contributed by atoms with Crippen LogP contribution in [0.4, 0.5) is 0 Å². The van der Waals surface area contributed by atoms with Crippen molar-refractivity contribution in [2.75, 3.05) is 19.0 Å². The number of carbonyl (C=O) groups excluding carboxylic acids is 2. The van der Waals surface area contributed by atoms with Gasteiger partial charge in [0.2, 0.25) is 0 Å². The maximum absolute atomic E-state index is 12.8. The van der Waals surface area contributed by atoms with Gasteiger partial charge in [-0.1, -0.05) is 139 Å². The van der Waals surface area contributed by atoms with Gasteiger partial charge in [-0.15, -0.1) is 0 Å². The van der Waals surface area contributed by atoms with Gasteiger partial charge in [0.25, 0.3) is 10.1 Å². The van der Waals surface area contributed by atoms with E-state index in [1.165, 1.54) is 51.4 Å². The van der Waals surface area contributed by atoms with Crippen LogP contribution in [0.3, 0.4) is 0 Å². The third-order valence-corrected chi connectivity index (χ3v) is 11.1. The van der Waals surface area contributed by atoms with Crippen molar-refractivity contribution >= 4 is 22.1 Å². The van der Waals surface area contributed by atoms with Gasteiger partial charge in [0.05, 0.1) is 6.61 Å². The number of hydrogen-bond acceptors (Lipinski definition) is 11. The predicted octanol–water partition coefficient (Wildman–Crippen LogP) is 9.73. The van der Waals surface area contributed by atoms with Gasteiger partial charge in [0, 0.05) is 12.8 Å². The van der Waals surface area contributed by atoms with Crippen LogP contribution in [0, 0.1) is 0 Å². The minimum Gasteiger partial charge on any atom is -0.462 e. The van der Waals surface area contributed by atoms with Crippen molar-refractivity contribution in [3.8, 4) is 0 Å². The Kier molecular flexibility index (Phi) is 35.0. The lowest BCUT2D eigenvalue weighted by molar-refractivity contribution is -0.297. The molecule has 0 aliphatic carbocycles. The van der Waals surface area contributed by atoms with Crippen molar-refractivity contribution in [3.05, 3.63) is 60.8 Å². The van der Waals surface area contributed by atoms with Crippen molar-refractivity contribution in [2.24, 2.45) is 0 Å². The SMILES string of the molecule is CCCCC/C=C/C/C=C/C/C=C/C/C=C/CCCCCC(=O)O[C@H](COC(=O)CCCCCCC/C=C/CCCCCCC)CO[C@H]1O[C@H](CS(=O)(=O)O)[C@@H](O)C(O)C1O. The lowest BCUT2D eigenvalue weighted by Crippen LogP contribution is -2.60. The minimum atomic E-state index is -4.61. The first kappa shape index (κ1) is 56.4. The highest BCUT2D eigenvalue weighted by atomic mass is 32.2. The molecule has 352 valence electrons. The Hall–Kier alpha value is -2.65. The summed E-state index contributed by atoms with van der Waals surface area (Å²) in [6.07, 6.45) is 36.9. The number of esters is 2. The monoisotopic (exact) mass is 883 g/mol. The van der Waals surface area contributed by atoms with Gasteiger partial charge >= 0.3 is 11.9 Å². The Morgan fingerprint density at radius 2 is 0.984 bits per heavy atom. The van der Waals surface area contributed by atoms with E-state index in [2.05, 4.69) is 74.6 Å². The summed E-state index contributed by atoms with van der Waals surface area (Å²) in [4.78, 5) is 25.4. The van der Waals surface area contributed by atoms with Crippen LogP contribution in [0.5, 0.6) is 0 Å². The second-order valence-corrected chi connectivity index (χ2v) is 17.6. The summed E-state index contributed by atoms with van der Waals surface area (Å²) in [7, 11) is -4.61. The van der Waals surface area contributed by atoms with Crippen molar-refractivity contribution in [1.29, 1.82) is 0 Å². The molecule has 1 aliphatic heterocycles. The number of hydrogen-bond donors (Lipinski definition) is 4. The fraction of sp³-hybridized carbons (Fsp3) is 0.750. The highest BCUT2D eigenvalue weighted by molar-refractivity contribution is 7.85. The summed E-state index contributed by atoms with van der Waals surface area (Å²) in [6, 6.07) is 0. The zero-order valence-corrected chi connectivity index (χ0v) is 38.3. The Balaban J connectivity index is 2.47. The first-order chi connectivity index (χ1) is 29.5. The number of allylic oxidation sites excluding steroid dienone is 10. The van der Waals surface area contributed by atoms with Crippen LogP contribution in [-0.2, 0) is 38.7 Å². The molecular formula is C48H82O12S. The number of aliphatic hydroxyl groups is 3. The van der Waals surface area contributed by atoms with E-state index in [1.54, 1.807) is 0 Å². The number of unbranched alkanes of at least 4 members (excludes halogenated alkanes) is 16. The zero-order valence-electron chi connectivity index (χ0n) is 37.5. The molecule has 6 atom stereocenters. The van der Waals surface area contributed by atoms with Crippen LogP contribution in [0.25, 0.3) is 0 Å². The fourth-order valence-corrected chi connectivity index (χ4v) is 7.34. The molecule has 0 aromatic heterocycles. The van der Waals surface area contributed by atoms with Crippen LogP contribution >= 0.6 is 0 Å². The van der Waals surface area contributed by atoms with E-state index in [4.69, 9.17) is 18.9 Å². The third kappa shape index (κ3) is 32.7. The smallest absolute Gasteiger partial charge is 0.306 e. The zero-order chi connectivity index (χ0) is 44.8. The Labute approximate surface area is 368 Å². The largest absolute Gasteiger partial charge is 0.462 e. The molecule has 1 heterocycles. The number of aliphatic hydroxyl groups excluding tert-OH is 3. The lowest BCUT2D eigenvalue weighted by Gasteiger charge is -2.40. The molecule has 0 bridgehead atoms. The van der Waals surface area contributed by atoms with E-state index >= 15 is 0 Å². The molecule has 2 unspecified atom stereocenters. The van der Waals surface area contributed by atoms with Crippen LogP contribution in [-0.4, -0.2) is 96.0 Å². The molecule has 0 saturated carbocycles. The molecule has 1 rings (SSSR count). The predicted molar refractivity (Wildman–Crippen MR) is 242 cm³/mol. The van der Waals surface area contributed by atoms with Crippen molar-refractivity contribution < 1.29 is 56.8 Å². The van der Waals surface area contributed by atoms with Gasteiger partial charge in [0.1, 0.15) is 36.8 Å². The van der Waals surface area contributed by atoms with E-state index < -0.39 is 71.2 Å². The average molecular weight is 883 g/mol. The Morgan fingerprint density at radius 1 is 0.557 bits per heavy atom. The molecule has 1 saturated heterocycles. The normalized spacial score (nSPS) is 20.5. The van der Waals surface area contributed by atoms with Crippen molar-refractivity contribution in [3.63, 3.8) is 0 Å². The molecule has 12 nitrogen and oxygen atoms in total. The Bertz CT molecular complexity index is 1360. The summed E-state index contributed by atoms with van der Waals surface area (Å²) < 4.78 is 54.0. The van der Waals surface area contributed by atoms with Crippen LogP contribution in [0.15, 0.2) is 60.8 Å². The molecule has 4 N–H and O–H groups in total. The van der Waals surface area contributed by atoms with Crippen molar-refractivity contribution in [1.82, 2.24) is 0 Å². The molecule has 0 aromatic carbocycles. The summed E-state index contributed by atoms with van der Waals surface area (Å²) in [5.41, 5.74) is 0. The lowest BCUT2D eigenvalue weighted by atomic mass is 10.00. The summed E-state index contributed by atoms with van der Waals surface area (Å²) >= 11 is 0. The van der Waals surface area contributed by atoms with Gasteiger partial charge in [-0.25, -0.2) is 0 Å². The van der Waals surface area contributed by atoms with Crippen molar-refractivity contribution in [2.45, 2.75) is 211 Å². The third-order valence-electron chi connectivity index (χ3n) is 10.3. The molecule has 0 radical (unpaired) electrons. The van der Waals surface area contributed by atoms with E-state index in [-0.39, 0.29) is 19.4 Å². The standard InChI is InChI=1S/C48H82O12S/c1-3-5-7-9-11-13-15-17-19-20-21-22-23-25-27-29-31-33-35-37-44(50)59-41(39-58-48-47(53)46(52)45(51)42(60-48)40-61(54,55)56)38-57-43(49)36-34-32-30-28-26-24-18-16-14-12-10-8-6-4-2/h11,13,16-19,21-22,25,27,41-42,45-48,51-53H,3-10,12,14-15,20,23-24,26,28-40H2,1-2H3,(H,54,55,56)/b13-11+,18-16+,19-17+,22-21+,27-25+/t41-,42-,45-,46?,47?,48+/m1/s1. The van der Waals surface area contributed by atoms with Gasteiger partial charge in [-0.2, -0.15) is 8.42 Å². The second kappa shape index (κ2) is 37.9. The van der Waals surface area contributed by atoms with Crippen LogP contribution in [0.1, 0.15) is 174 Å². The maximum atomic E-state index is 12.8. The molecule has 1 fully saturated rings. The van der Waals surface area contributed by atoms with E-state index in [1.807, 2.05) is 0 Å². The quantitative estimate of drug-likeness (QED) is 0.0199. The second-order valence-electron chi connectivity index (χ2n) is 16.1. The minimum absolute atomic E-state index is 0.123. The van der Waals surface area contributed by atoms with Gasteiger partial charge in [-0.05, 0) is 83.5 Å². The van der Waals surface area contributed by atoms with E-state index in [9.17, 15) is 37.9 Å². The number of ether oxygens (including phenoxy) is 4. The van der Waals surface area contributed by atoms with E-state index in [0.717, 1.165) is 83.5 Å². The molecule has 61 heavy (non-hydrogen) atoms. The molecule has 1 aliphatic rings. The summed E-state index contributed by atoms with van der Waals surface area (Å²) in [6.45, 7) is 3.68. The van der Waals surface area contributed by atoms with Crippen LogP contribution in [0.2, 0.25) is 0 Å². The van der Waals surface area contributed by atoms with Gasteiger partial charge < -0.3 is 34.3 Å².